The molecular weight excluding hydrogens is 372 g/mol. The van der Waals surface area contributed by atoms with Crippen molar-refractivity contribution in [3.63, 3.8) is 0 Å². The second-order valence-corrected chi connectivity index (χ2v) is 8.47. The van der Waals surface area contributed by atoms with Gasteiger partial charge in [0.15, 0.2) is 0 Å². The second-order valence-electron chi connectivity index (χ2n) is 6.61. The Bertz CT molecular complexity index is 1160. The van der Waals surface area contributed by atoms with Crippen LogP contribution in [0.25, 0.3) is 11.1 Å². The maximum atomic E-state index is 13.2. The molecular formula is C22H18N2O3S. The summed E-state index contributed by atoms with van der Waals surface area (Å²) in [5.41, 5.74) is 3.87. The Morgan fingerprint density at radius 3 is 2.32 bits per heavy atom. The molecule has 28 heavy (non-hydrogen) atoms. The Hall–Kier alpha value is -3.30. The van der Waals surface area contributed by atoms with Crippen molar-refractivity contribution in [3.05, 3.63) is 77.9 Å². The van der Waals surface area contributed by atoms with Crippen molar-refractivity contribution in [1.29, 1.82) is 5.26 Å². The van der Waals surface area contributed by atoms with Crippen LogP contribution in [0.4, 0.5) is 5.69 Å². The van der Waals surface area contributed by atoms with E-state index in [1.54, 1.807) is 42.5 Å². The number of hydrogen-bond donors (Lipinski definition) is 0. The highest BCUT2D eigenvalue weighted by Gasteiger charge is 2.30. The summed E-state index contributed by atoms with van der Waals surface area (Å²) in [6.45, 7) is 2.47. The van der Waals surface area contributed by atoms with Crippen molar-refractivity contribution in [1.82, 2.24) is 0 Å². The number of sulfonamides is 1. The molecule has 1 aliphatic rings. The van der Waals surface area contributed by atoms with E-state index >= 15 is 0 Å². The normalized spacial score (nSPS) is 13.4. The number of anilines is 1. The van der Waals surface area contributed by atoms with Crippen LogP contribution in [0.2, 0.25) is 0 Å². The van der Waals surface area contributed by atoms with Crippen LogP contribution in [0.1, 0.15) is 11.1 Å². The largest absolute Gasteiger partial charge is 0.489 e. The van der Waals surface area contributed by atoms with E-state index in [1.807, 2.05) is 31.2 Å². The topological polar surface area (TPSA) is 70.4 Å². The minimum atomic E-state index is -3.69. The van der Waals surface area contributed by atoms with Crippen LogP contribution >= 0.6 is 0 Å². The predicted octanol–water partition coefficient (Wildman–Crippen LogP) is 4.12. The Balaban J connectivity index is 1.77. The van der Waals surface area contributed by atoms with Gasteiger partial charge in [-0.05, 0) is 54.4 Å². The van der Waals surface area contributed by atoms with Gasteiger partial charge in [-0.25, -0.2) is 8.42 Å². The van der Waals surface area contributed by atoms with E-state index in [1.165, 1.54) is 4.31 Å². The molecule has 0 amide bonds. The van der Waals surface area contributed by atoms with Gasteiger partial charge in [-0.3, -0.25) is 4.31 Å². The lowest BCUT2D eigenvalue weighted by molar-refractivity contribution is 0.316. The van der Waals surface area contributed by atoms with Gasteiger partial charge in [-0.1, -0.05) is 35.9 Å². The molecule has 0 aromatic heterocycles. The number of hydrogen-bond acceptors (Lipinski definition) is 4. The third kappa shape index (κ3) is 3.21. The Labute approximate surface area is 164 Å². The fourth-order valence-corrected chi connectivity index (χ4v) is 4.65. The van der Waals surface area contributed by atoms with Crippen LogP contribution in [0.5, 0.6) is 5.75 Å². The highest BCUT2D eigenvalue weighted by Crippen LogP contribution is 2.38. The van der Waals surface area contributed by atoms with Gasteiger partial charge < -0.3 is 4.74 Å². The number of ether oxygens (including phenoxy) is 1. The molecule has 140 valence electrons. The van der Waals surface area contributed by atoms with E-state index in [2.05, 4.69) is 6.07 Å². The predicted molar refractivity (Wildman–Crippen MR) is 108 cm³/mol. The molecule has 0 fully saturated rings. The molecule has 3 aromatic carbocycles. The zero-order valence-corrected chi connectivity index (χ0v) is 16.1. The quantitative estimate of drug-likeness (QED) is 0.674. The zero-order chi connectivity index (χ0) is 19.7. The summed E-state index contributed by atoms with van der Waals surface area (Å²) < 4.78 is 33.5. The molecule has 0 aliphatic carbocycles. The standard InChI is InChI=1S/C22H18N2O3S/c1-16-2-9-20(10-3-16)28(25,26)24-12-13-27-22-11-8-19(14-21(22)24)18-6-4-17(15-23)5-7-18/h2-11,14H,12-13H2,1H3. The summed E-state index contributed by atoms with van der Waals surface area (Å²) in [7, 11) is -3.69. The summed E-state index contributed by atoms with van der Waals surface area (Å²) in [4.78, 5) is 0.259. The van der Waals surface area contributed by atoms with E-state index in [4.69, 9.17) is 10.00 Å². The summed E-state index contributed by atoms with van der Waals surface area (Å²) >= 11 is 0. The summed E-state index contributed by atoms with van der Waals surface area (Å²) in [6.07, 6.45) is 0. The molecule has 1 heterocycles. The van der Waals surface area contributed by atoms with Crippen molar-refractivity contribution in [3.8, 4) is 22.9 Å². The molecule has 5 nitrogen and oxygen atoms in total. The van der Waals surface area contributed by atoms with E-state index < -0.39 is 10.0 Å². The third-order valence-corrected chi connectivity index (χ3v) is 6.56. The Kier molecular flexibility index (Phi) is 4.54. The van der Waals surface area contributed by atoms with Crippen LogP contribution in [-0.2, 0) is 10.0 Å². The average molecular weight is 390 g/mol. The van der Waals surface area contributed by atoms with Gasteiger partial charge in [0.25, 0.3) is 10.0 Å². The second kappa shape index (κ2) is 7.02. The molecule has 1 aliphatic heterocycles. The van der Waals surface area contributed by atoms with Gasteiger partial charge in [0, 0.05) is 0 Å². The summed E-state index contributed by atoms with van der Waals surface area (Å²) in [5, 5.41) is 8.97. The molecule has 0 saturated heterocycles. The molecule has 0 N–H and O–H groups in total. The van der Waals surface area contributed by atoms with Gasteiger partial charge in [-0.15, -0.1) is 0 Å². The van der Waals surface area contributed by atoms with Crippen molar-refractivity contribution in [2.24, 2.45) is 0 Å². The highest BCUT2D eigenvalue weighted by atomic mass is 32.2. The van der Waals surface area contributed by atoms with E-state index in [-0.39, 0.29) is 11.4 Å². The molecule has 0 bridgehead atoms. The van der Waals surface area contributed by atoms with Gasteiger partial charge >= 0.3 is 0 Å². The van der Waals surface area contributed by atoms with Crippen LogP contribution in [0.3, 0.4) is 0 Å². The third-order valence-electron chi connectivity index (χ3n) is 4.74. The van der Waals surface area contributed by atoms with Crippen LogP contribution in [-0.4, -0.2) is 21.6 Å². The van der Waals surface area contributed by atoms with Crippen molar-refractivity contribution < 1.29 is 13.2 Å². The Morgan fingerprint density at radius 2 is 1.64 bits per heavy atom. The molecule has 3 aromatic rings. The molecule has 4 rings (SSSR count). The number of nitrogens with zero attached hydrogens (tertiary/aromatic N) is 2. The molecule has 0 saturated carbocycles. The number of rotatable bonds is 3. The molecule has 6 heteroatoms. The number of benzene rings is 3. The van der Waals surface area contributed by atoms with Gasteiger partial charge in [-0.2, -0.15) is 5.26 Å². The summed E-state index contributed by atoms with van der Waals surface area (Å²) in [6, 6.07) is 21.6. The maximum Gasteiger partial charge on any atom is 0.264 e. The van der Waals surface area contributed by atoms with Gasteiger partial charge in [0.1, 0.15) is 12.4 Å². The first-order valence-electron chi connectivity index (χ1n) is 8.86. The fraction of sp³-hybridized carbons (Fsp3) is 0.136. The van der Waals surface area contributed by atoms with Crippen LogP contribution in [0.15, 0.2) is 71.6 Å². The van der Waals surface area contributed by atoms with Crippen molar-refractivity contribution in [2.45, 2.75) is 11.8 Å². The minimum Gasteiger partial charge on any atom is -0.489 e. The first-order chi connectivity index (χ1) is 13.5. The lowest BCUT2D eigenvalue weighted by atomic mass is 10.0. The fourth-order valence-electron chi connectivity index (χ4n) is 3.20. The average Bonchev–Trinajstić information content (AvgIpc) is 2.73. The van der Waals surface area contributed by atoms with Crippen molar-refractivity contribution >= 4 is 15.7 Å². The number of aryl methyl sites for hydroxylation is 1. The minimum absolute atomic E-state index is 0.250. The molecule has 0 atom stereocenters. The number of nitriles is 1. The first-order valence-corrected chi connectivity index (χ1v) is 10.3. The van der Waals surface area contributed by atoms with Crippen molar-refractivity contribution in [2.75, 3.05) is 17.5 Å². The maximum absolute atomic E-state index is 13.2. The van der Waals surface area contributed by atoms with E-state index in [9.17, 15) is 8.42 Å². The van der Waals surface area contributed by atoms with Gasteiger partial charge in [0.2, 0.25) is 0 Å². The lowest BCUT2D eigenvalue weighted by Crippen LogP contribution is -2.37. The first kappa shape index (κ1) is 18.1. The zero-order valence-electron chi connectivity index (χ0n) is 15.3. The molecule has 0 spiro atoms. The monoisotopic (exact) mass is 390 g/mol. The van der Waals surface area contributed by atoms with E-state index in [0.29, 0.717) is 23.6 Å². The lowest BCUT2D eigenvalue weighted by Gasteiger charge is -2.31. The number of fused-ring (bicyclic) bond motifs is 1. The highest BCUT2D eigenvalue weighted by molar-refractivity contribution is 7.92. The Morgan fingerprint density at radius 1 is 0.964 bits per heavy atom. The smallest absolute Gasteiger partial charge is 0.264 e. The molecule has 0 unspecified atom stereocenters. The van der Waals surface area contributed by atoms with E-state index in [0.717, 1.165) is 16.7 Å². The van der Waals surface area contributed by atoms with Crippen LogP contribution < -0.4 is 9.04 Å². The summed E-state index contributed by atoms with van der Waals surface area (Å²) in [5.74, 6) is 0.541. The van der Waals surface area contributed by atoms with Crippen LogP contribution in [0, 0.1) is 18.3 Å². The van der Waals surface area contributed by atoms with Gasteiger partial charge in [0.05, 0.1) is 28.8 Å². The molecule has 0 radical (unpaired) electrons. The SMILES string of the molecule is Cc1ccc(S(=O)(=O)N2CCOc3ccc(-c4ccc(C#N)cc4)cc32)cc1.